The number of fused-ring (bicyclic) bond motifs is 1. The van der Waals surface area contributed by atoms with Crippen molar-refractivity contribution in [1.29, 1.82) is 0 Å². The summed E-state index contributed by atoms with van der Waals surface area (Å²) >= 11 is 1.15. The van der Waals surface area contributed by atoms with E-state index in [9.17, 15) is 13.2 Å². The molecule has 1 amide bonds. The average Bonchev–Trinajstić information content (AvgIpc) is 3.38. The number of nitrogens with zero attached hydrogens (tertiary/aromatic N) is 2. The second kappa shape index (κ2) is 8.19. The molecule has 3 aromatic rings. The molecule has 0 radical (unpaired) electrons. The van der Waals surface area contributed by atoms with Gasteiger partial charge in [0, 0.05) is 11.8 Å². The van der Waals surface area contributed by atoms with Gasteiger partial charge in [-0.05, 0) is 31.4 Å². The van der Waals surface area contributed by atoms with Gasteiger partial charge in [0.2, 0.25) is 11.8 Å². The van der Waals surface area contributed by atoms with Crippen molar-refractivity contribution >= 4 is 38.5 Å². The van der Waals surface area contributed by atoms with E-state index in [2.05, 4.69) is 15.5 Å². The summed E-state index contributed by atoms with van der Waals surface area (Å²) in [4.78, 5) is 12.2. The number of thioether (sulfide) groups is 1. The number of hydrogen-bond acceptors (Lipinski definition) is 8. The van der Waals surface area contributed by atoms with Gasteiger partial charge in [-0.25, -0.2) is 8.42 Å². The zero-order valence-electron chi connectivity index (χ0n) is 15.8. The number of aromatic nitrogens is 2. The van der Waals surface area contributed by atoms with Crippen LogP contribution >= 0.6 is 11.8 Å². The summed E-state index contributed by atoms with van der Waals surface area (Å²) in [6.45, 7) is 1.86. The average molecular weight is 436 g/mol. The number of rotatable bonds is 7. The van der Waals surface area contributed by atoms with Crippen molar-refractivity contribution in [2.75, 3.05) is 17.3 Å². The maximum Gasteiger partial charge on any atom is 0.277 e. The molecule has 1 aliphatic rings. The van der Waals surface area contributed by atoms with Gasteiger partial charge in [-0.15, -0.1) is 10.2 Å². The van der Waals surface area contributed by atoms with Gasteiger partial charge < -0.3 is 14.2 Å². The quantitative estimate of drug-likeness (QED) is 0.563. The molecule has 10 heteroatoms. The number of nitrogens with one attached hydrogen (secondary N) is 1. The van der Waals surface area contributed by atoms with E-state index in [-0.39, 0.29) is 35.1 Å². The lowest BCUT2D eigenvalue weighted by atomic mass is 10.1. The molecule has 0 spiro atoms. The highest BCUT2D eigenvalue weighted by atomic mass is 32.2. The smallest absolute Gasteiger partial charge is 0.277 e. The van der Waals surface area contributed by atoms with Crippen LogP contribution in [0.3, 0.4) is 0 Å². The number of sulfone groups is 1. The maximum absolute atomic E-state index is 12.2. The molecule has 0 saturated carbocycles. The first kappa shape index (κ1) is 20.0. The van der Waals surface area contributed by atoms with Crippen LogP contribution in [0, 0.1) is 5.92 Å². The Balaban J connectivity index is 1.27. The minimum absolute atomic E-state index is 0.0197. The van der Waals surface area contributed by atoms with Crippen LogP contribution in [0.4, 0.5) is 0 Å². The van der Waals surface area contributed by atoms with Gasteiger partial charge in [-0.3, -0.25) is 4.79 Å². The van der Waals surface area contributed by atoms with E-state index in [1.54, 1.807) is 0 Å². The van der Waals surface area contributed by atoms with Gasteiger partial charge in [-0.1, -0.05) is 30.0 Å². The monoisotopic (exact) mass is 435 g/mol. The first-order valence-corrected chi connectivity index (χ1v) is 12.1. The van der Waals surface area contributed by atoms with Crippen LogP contribution in [0.15, 0.2) is 44.4 Å². The third-order valence-corrected chi connectivity index (χ3v) is 7.47. The van der Waals surface area contributed by atoms with Crippen LogP contribution in [-0.4, -0.2) is 41.8 Å². The van der Waals surface area contributed by atoms with Crippen molar-refractivity contribution in [3.8, 4) is 0 Å². The minimum Gasteiger partial charge on any atom is -0.459 e. The zero-order valence-corrected chi connectivity index (χ0v) is 17.5. The summed E-state index contributed by atoms with van der Waals surface area (Å²) in [6, 6.07) is 9.34. The molecule has 154 valence electrons. The Kier molecular flexibility index (Phi) is 5.64. The summed E-state index contributed by atoms with van der Waals surface area (Å²) < 4.78 is 34.4. The molecule has 8 nitrogen and oxygen atoms in total. The summed E-state index contributed by atoms with van der Waals surface area (Å²) in [7, 11) is -2.93. The number of carbonyl (C=O) groups is 1. The molecule has 0 unspecified atom stereocenters. The van der Waals surface area contributed by atoms with Gasteiger partial charge in [0.05, 0.1) is 23.3 Å². The van der Waals surface area contributed by atoms with Gasteiger partial charge >= 0.3 is 0 Å². The number of amides is 1. The summed E-state index contributed by atoms with van der Waals surface area (Å²) in [5.74, 6) is 1.46. The van der Waals surface area contributed by atoms with Crippen molar-refractivity contribution in [1.82, 2.24) is 15.5 Å². The molecule has 0 bridgehead atoms. The number of carbonyl (C=O) groups excluding carboxylic acids is 1. The Morgan fingerprint density at radius 1 is 1.31 bits per heavy atom. The van der Waals surface area contributed by atoms with Crippen LogP contribution in [0.1, 0.15) is 31.0 Å². The molecule has 1 aromatic carbocycles. The molecule has 2 atom stereocenters. The normalized spacial score (nSPS) is 19.4. The molecule has 4 rings (SSSR count). The van der Waals surface area contributed by atoms with Crippen LogP contribution in [0.5, 0.6) is 0 Å². The van der Waals surface area contributed by atoms with Crippen molar-refractivity contribution in [3.63, 3.8) is 0 Å². The van der Waals surface area contributed by atoms with Crippen molar-refractivity contribution in [3.05, 3.63) is 42.0 Å². The molecular weight excluding hydrogens is 414 g/mol. The molecule has 1 saturated heterocycles. The van der Waals surface area contributed by atoms with Crippen LogP contribution in [-0.2, 0) is 21.1 Å². The lowest BCUT2D eigenvalue weighted by Crippen LogP contribution is -2.27. The fourth-order valence-corrected chi connectivity index (χ4v) is 5.81. The molecule has 2 aromatic heterocycles. The van der Waals surface area contributed by atoms with E-state index in [4.69, 9.17) is 8.83 Å². The summed E-state index contributed by atoms with van der Waals surface area (Å²) in [5.41, 5.74) is 0.784. The second-order valence-electron chi connectivity index (χ2n) is 7.20. The number of furan rings is 1. The van der Waals surface area contributed by atoms with Crippen LogP contribution in [0.2, 0.25) is 0 Å². The topological polar surface area (TPSA) is 115 Å². The van der Waals surface area contributed by atoms with E-state index < -0.39 is 9.84 Å². The Morgan fingerprint density at radius 2 is 2.14 bits per heavy atom. The summed E-state index contributed by atoms with van der Waals surface area (Å²) in [6.07, 6.45) is 1.07. The standard InChI is InChI=1S/C19H21N3O5S2/c1-12(16-9-14-4-2-3-5-15(14)26-16)20-17(23)10-28-19-22-21-18(27-19)8-13-6-7-29(24,25)11-13/h2-5,9,12-13H,6-8,10-11H2,1H3,(H,20,23)/t12-,13-/m1/s1. The number of hydrogen-bond donors (Lipinski definition) is 1. The third kappa shape index (κ3) is 4.99. The Labute approximate surface area is 172 Å². The SMILES string of the molecule is C[C@@H](NC(=O)CSc1nnc(C[C@H]2CCS(=O)(=O)C2)o1)c1cc2ccccc2o1. The number of para-hydroxylation sites is 1. The lowest BCUT2D eigenvalue weighted by molar-refractivity contribution is -0.119. The first-order valence-electron chi connectivity index (χ1n) is 9.31. The molecule has 1 N–H and O–H groups in total. The Bertz CT molecular complexity index is 1090. The molecule has 3 heterocycles. The molecule has 29 heavy (non-hydrogen) atoms. The fraction of sp³-hybridized carbons (Fsp3) is 0.421. The third-order valence-electron chi connectivity index (χ3n) is 4.81. The fourth-order valence-electron chi connectivity index (χ4n) is 3.36. The van der Waals surface area contributed by atoms with Gasteiger partial charge in [-0.2, -0.15) is 0 Å². The van der Waals surface area contributed by atoms with Crippen LogP contribution in [0.25, 0.3) is 11.0 Å². The van der Waals surface area contributed by atoms with E-state index in [0.29, 0.717) is 29.7 Å². The Hall–Kier alpha value is -2.33. The zero-order chi connectivity index (χ0) is 20.4. The minimum atomic E-state index is -2.93. The van der Waals surface area contributed by atoms with Crippen molar-refractivity contribution in [2.24, 2.45) is 5.92 Å². The van der Waals surface area contributed by atoms with Gasteiger partial charge in [0.1, 0.15) is 11.3 Å². The van der Waals surface area contributed by atoms with Gasteiger partial charge in [0.25, 0.3) is 5.22 Å². The largest absolute Gasteiger partial charge is 0.459 e. The Morgan fingerprint density at radius 3 is 2.90 bits per heavy atom. The molecular formula is C19H21N3O5S2. The first-order chi connectivity index (χ1) is 13.9. The van der Waals surface area contributed by atoms with E-state index >= 15 is 0 Å². The molecule has 1 aliphatic heterocycles. The molecule has 0 aliphatic carbocycles. The predicted molar refractivity (Wildman–Crippen MR) is 108 cm³/mol. The lowest BCUT2D eigenvalue weighted by Gasteiger charge is -2.10. The second-order valence-corrected chi connectivity index (χ2v) is 10.4. The van der Waals surface area contributed by atoms with Crippen LogP contribution < -0.4 is 5.32 Å². The number of benzene rings is 1. The highest BCUT2D eigenvalue weighted by molar-refractivity contribution is 7.99. The highest BCUT2D eigenvalue weighted by Gasteiger charge is 2.29. The highest BCUT2D eigenvalue weighted by Crippen LogP contribution is 2.25. The molecule has 1 fully saturated rings. The predicted octanol–water partition coefficient (Wildman–Crippen LogP) is 2.76. The van der Waals surface area contributed by atoms with Crippen molar-refractivity contribution < 1.29 is 22.0 Å². The van der Waals surface area contributed by atoms with Gasteiger partial charge in [0.15, 0.2) is 9.84 Å². The van der Waals surface area contributed by atoms with E-state index in [1.165, 1.54) is 0 Å². The maximum atomic E-state index is 12.2. The summed E-state index contributed by atoms with van der Waals surface area (Å²) in [5, 5.41) is 12.1. The van der Waals surface area contributed by atoms with Crippen molar-refractivity contribution in [2.45, 2.75) is 31.0 Å². The van der Waals surface area contributed by atoms with E-state index in [0.717, 1.165) is 22.7 Å². The van der Waals surface area contributed by atoms with E-state index in [1.807, 2.05) is 37.3 Å².